The number of thiazole rings is 1. The third kappa shape index (κ3) is 3.66. The first-order valence-electron chi connectivity index (χ1n) is 6.43. The lowest BCUT2D eigenvalue weighted by atomic mass is 10.1. The molecule has 0 fully saturated rings. The molecule has 1 amide bonds. The van der Waals surface area contributed by atoms with E-state index in [1.807, 2.05) is 0 Å². The van der Waals surface area contributed by atoms with Gasteiger partial charge in [0.05, 0.1) is 0 Å². The molecule has 6 heteroatoms. The van der Waals surface area contributed by atoms with E-state index in [0.29, 0.717) is 16.4 Å². The molecule has 1 heterocycles. The summed E-state index contributed by atoms with van der Waals surface area (Å²) in [5.74, 6) is 0.258. The highest BCUT2D eigenvalue weighted by atomic mass is 32.1. The number of ketones is 1. The van der Waals surface area contributed by atoms with Gasteiger partial charge >= 0.3 is 0 Å². The Hall–Kier alpha value is -2.21. The third-order valence-electron chi connectivity index (χ3n) is 2.94. The van der Waals surface area contributed by atoms with Gasteiger partial charge in [0.25, 0.3) is 5.91 Å². The fourth-order valence-corrected chi connectivity index (χ4v) is 2.40. The van der Waals surface area contributed by atoms with Crippen molar-refractivity contribution in [1.82, 2.24) is 4.98 Å². The van der Waals surface area contributed by atoms with E-state index >= 15 is 0 Å². The molecule has 1 aromatic heterocycles. The molecule has 1 aromatic carbocycles. The number of hydrogen-bond acceptors (Lipinski definition) is 5. The maximum absolute atomic E-state index is 12.3. The molecule has 0 saturated carbocycles. The number of Topliss-reactive ketones (excluding diaryl/α,β-unsaturated/α-hetero) is 1. The van der Waals surface area contributed by atoms with E-state index in [2.05, 4.69) is 4.98 Å². The molecule has 0 saturated heterocycles. The van der Waals surface area contributed by atoms with Crippen LogP contribution in [0.1, 0.15) is 24.2 Å². The fraction of sp³-hybridized carbons (Fsp3) is 0.267. The predicted molar refractivity (Wildman–Crippen MR) is 82.1 cm³/mol. The second kappa shape index (κ2) is 6.49. The number of carbonyl (C=O) groups is 2. The van der Waals surface area contributed by atoms with E-state index in [9.17, 15) is 9.59 Å². The van der Waals surface area contributed by atoms with Crippen molar-refractivity contribution in [1.29, 1.82) is 0 Å². The molecule has 0 aliphatic rings. The van der Waals surface area contributed by atoms with Gasteiger partial charge in [0, 0.05) is 24.2 Å². The summed E-state index contributed by atoms with van der Waals surface area (Å²) in [6, 6.07) is 6.80. The van der Waals surface area contributed by atoms with Gasteiger partial charge in [-0.25, -0.2) is 4.98 Å². The van der Waals surface area contributed by atoms with Gasteiger partial charge in [0.1, 0.15) is 5.75 Å². The highest BCUT2D eigenvalue weighted by Gasteiger charge is 2.21. The van der Waals surface area contributed by atoms with Gasteiger partial charge in [-0.2, -0.15) is 0 Å². The van der Waals surface area contributed by atoms with E-state index in [-0.39, 0.29) is 11.7 Å². The minimum atomic E-state index is -0.666. The van der Waals surface area contributed by atoms with Gasteiger partial charge in [0.15, 0.2) is 17.0 Å². The number of likely N-dealkylation sites (N-methyl/N-ethyl adjacent to an activating group) is 1. The fourth-order valence-electron chi connectivity index (χ4n) is 1.79. The van der Waals surface area contributed by atoms with E-state index in [0.717, 1.165) is 0 Å². The van der Waals surface area contributed by atoms with Gasteiger partial charge in [-0.05, 0) is 26.0 Å². The van der Waals surface area contributed by atoms with E-state index in [1.165, 1.54) is 23.2 Å². The SMILES string of the molecule is CC(=O)c1cccc(O[C@H](C)C(=O)N(C)c2nccs2)c1. The quantitative estimate of drug-likeness (QED) is 0.797. The second-order valence-corrected chi connectivity index (χ2v) is 5.43. The van der Waals surface area contributed by atoms with Gasteiger partial charge in [-0.1, -0.05) is 12.1 Å². The van der Waals surface area contributed by atoms with Crippen LogP contribution in [0.5, 0.6) is 5.75 Å². The number of ether oxygens (including phenoxy) is 1. The zero-order chi connectivity index (χ0) is 15.4. The minimum Gasteiger partial charge on any atom is -0.481 e. The average molecular weight is 304 g/mol. The summed E-state index contributed by atoms with van der Waals surface area (Å²) in [6.45, 7) is 3.16. The van der Waals surface area contributed by atoms with Crippen molar-refractivity contribution < 1.29 is 14.3 Å². The molecule has 2 aromatic rings. The Balaban J connectivity index is 2.07. The molecule has 5 nitrogen and oxygen atoms in total. The Morgan fingerprint density at radius 2 is 2.14 bits per heavy atom. The maximum Gasteiger partial charge on any atom is 0.269 e. The molecule has 0 N–H and O–H groups in total. The van der Waals surface area contributed by atoms with Crippen LogP contribution in [0.15, 0.2) is 35.8 Å². The van der Waals surface area contributed by atoms with Crippen molar-refractivity contribution in [3.05, 3.63) is 41.4 Å². The van der Waals surface area contributed by atoms with Crippen LogP contribution in [0, 0.1) is 0 Å². The van der Waals surface area contributed by atoms with Crippen LogP contribution in [0.4, 0.5) is 5.13 Å². The molecule has 2 rings (SSSR count). The smallest absolute Gasteiger partial charge is 0.269 e. The Bertz CT molecular complexity index is 640. The highest BCUT2D eigenvalue weighted by molar-refractivity contribution is 7.13. The zero-order valence-corrected chi connectivity index (χ0v) is 12.9. The number of nitrogens with zero attached hydrogens (tertiary/aromatic N) is 2. The van der Waals surface area contributed by atoms with Crippen LogP contribution in [0.2, 0.25) is 0 Å². The van der Waals surface area contributed by atoms with Crippen molar-refractivity contribution >= 4 is 28.2 Å². The number of benzene rings is 1. The third-order valence-corrected chi connectivity index (χ3v) is 3.79. The summed E-state index contributed by atoms with van der Waals surface area (Å²) in [4.78, 5) is 29.2. The Labute approximate surface area is 127 Å². The molecule has 110 valence electrons. The largest absolute Gasteiger partial charge is 0.481 e. The Kier molecular flexibility index (Phi) is 4.70. The summed E-state index contributed by atoms with van der Waals surface area (Å²) in [7, 11) is 1.66. The van der Waals surface area contributed by atoms with Gasteiger partial charge in [-0.15, -0.1) is 11.3 Å². The Morgan fingerprint density at radius 1 is 1.38 bits per heavy atom. The predicted octanol–water partition coefficient (Wildman–Crippen LogP) is 2.78. The van der Waals surface area contributed by atoms with Crippen molar-refractivity contribution in [3.8, 4) is 5.75 Å². The van der Waals surface area contributed by atoms with Crippen molar-refractivity contribution in [2.45, 2.75) is 20.0 Å². The van der Waals surface area contributed by atoms with E-state index < -0.39 is 6.10 Å². The first kappa shape index (κ1) is 15.2. The lowest BCUT2D eigenvalue weighted by Gasteiger charge is -2.20. The normalized spacial score (nSPS) is 11.8. The lowest BCUT2D eigenvalue weighted by molar-refractivity contribution is -0.124. The monoisotopic (exact) mass is 304 g/mol. The standard InChI is InChI=1S/C15H16N2O3S/c1-10(18)12-5-4-6-13(9-12)20-11(2)14(19)17(3)15-16-7-8-21-15/h4-9,11H,1-3H3/t11-/m1/s1. The molecule has 0 radical (unpaired) electrons. The molecule has 1 atom stereocenters. The molecule has 0 aliphatic heterocycles. The lowest BCUT2D eigenvalue weighted by Crippen LogP contribution is -2.37. The molecule has 0 bridgehead atoms. The van der Waals surface area contributed by atoms with Crippen LogP contribution in [0.25, 0.3) is 0 Å². The van der Waals surface area contributed by atoms with E-state index in [1.54, 1.807) is 49.8 Å². The van der Waals surface area contributed by atoms with Crippen LogP contribution in [-0.2, 0) is 4.79 Å². The van der Waals surface area contributed by atoms with Crippen LogP contribution >= 0.6 is 11.3 Å². The van der Waals surface area contributed by atoms with Gasteiger partial charge < -0.3 is 4.74 Å². The van der Waals surface area contributed by atoms with Crippen molar-refractivity contribution in [2.75, 3.05) is 11.9 Å². The zero-order valence-electron chi connectivity index (χ0n) is 12.1. The first-order chi connectivity index (χ1) is 9.99. The number of aromatic nitrogens is 1. The van der Waals surface area contributed by atoms with E-state index in [4.69, 9.17) is 4.74 Å². The Morgan fingerprint density at radius 3 is 2.76 bits per heavy atom. The summed E-state index contributed by atoms with van der Waals surface area (Å²) in [5, 5.41) is 2.42. The topological polar surface area (TPSA) is 59.5 Å². The van der Waals surface area contributed by atoms with Gasteiger partial charge in [-0.3, -0.25) is 14.5 Å². The average Bonchev–Trinajstić information content (AvgIpc) is 3.00. The van der Waals surface area contributed by atoms with Crippen molar-refractivity contribution in [3.63, 3.8) is 0 Å². The molecular weight excluding hydrogens is 288 g/mol. The van der Waals surface area contributed by atoms with Crippen LogP contribution in [0.3, 0.4) is 0 Å². The van der Waals surface area contributed by atoms with Crippen LogP contribution < -0.4 is 9.64 Å². The summed E-state index contributed by atoms with van der Waals surface area (Å²) in [6.07, 6.45) is 0.979. The summed E-state index contributed by atoms with van der Waals surface area (Å²) >= 11 is 1.38. The number of amides is 1. The molecule has 21 heavy (non-hydrogen) atoms. The number of rotatable bonds is 5. The number of hydrogen-bond donors (Lipinski definition) is 0. The summed E-state index contributed by atoms with van der Waals surface area (Å²) < 4.78 is 5.62. The van der Waals surface area contributed by atoms with Crippen LogP contribution in [-0.4, -0.2) is 29.8 Å². The maximum atomic E-state index is 12.3. The first-order valence-corrected chi connectivity index (χ1v) is 7.31. The second-order valence-electron chi connectivity index (χ2n) is 4.56. The number of carbonyl (C=O) groups excluding carboxylic acids is 2. The van der Waals surface area contributed by atoms with Crippen molar-refractivity contribution in [2.24, 2.45) is 0 Å². The highest BCUT2D eigenvalue weighted by Crippen LogP contribution is 2.19. The molecule has 0 aliphatic carbocycles. The van der Waals surface area contributed by atoms with Gasteiger partial charge in [0.2, 0.25) is 0 Å². The molecule has 0 unspecified atom stereocenters. The summed E-state index contributed by atoms with van der Waals surface area (Å²) in [5.41, 5.74) is 0.556. The minimum absolute atomic E-state index is 0.0423. The molecular formula is C15H16N2O3S. The number of anilines is 1. The molecule has 0 spiro atoms.